The van der Waals surface area contributed by atoms with E-state index >= 15 is 0 Å². The summed E-state index contributed by atoms with van der Waals surface area (Å²) in [6.07, 6.45) is 3.63. The molecule has 0 unspecified atom stereocenters. The number of benzene rings is 3. The predicted octanol–water partition coefficient (Wildman–Crippen LogP) is 4.00. The number of amides is 1. The zero-order valence-corrected chi connectivity index (χ0v) is 19.9. The van der Waals surface area contributed by atoms with Crippen LogP contribution in [0, 0.1) is 13.8 Å². The molecule has 174 valence electrons. The van der Waals surface area contributed by atoms with Crippen LogP contribution in [0.15, 0.2) is 96.2 Å². The van der Waals surface area contributed by atoms with E-state index in [1.54, 1.807) is 42.6 Å². The number of carbonyl (C=O) groups is 1. The quantitative estimate of drug-likeness (QED) is 0.418. The molecule has 0 radical (unpaired) electrons. The maximum Gasteiger partial charge on any atom is 0.264 e. The van der Waals surface area contributed by atoms with Gasteiger partial charge in [-0.15, -0.1) is 0 Å². The maximum atomic E-state index is 13.4. The maximum absolute atomic E-state index is 13.4. The number of aryl methyl sites for hydroxylation is 2. The molecule has 4 aromatic rings. The minimum absolute atomic E-state index is 0.134. The zero-order valence-electron chi connectivity index (χ0n) is 19.0. The first-order valence-corrected chi connectivity index (χ1v) is 12.3. The highest BCUT2D eigenvalue weighted by Crippen LogP contribution is 2.24. The van der Waals surface area contributed by atoms with Crippen LogP contribution in [0.2, 0.25) is 0 Å². The van der Waals surface area contributed by atoms with Crippen LogP contribution in [0.5, 0.6) is 0 Å². The molecule has 1 aromatic heterocycles. The number of rotatable bonds is 8. The largest absolute Gasteiger partial charge is 0.350 e. The minimum atomic E-state index is -3.92. The summed E-state index contributed by atoms with van der Waals surface area (Å²) in [7, 11) is -3.92. The van der Waals surface area contributed by atoms with E-state index in [0.717, 1.165) is 26.9 Å². The van der Waals surface area contributed by atoms with Gasteiger partial charge in [0.2, 0.25) is 5.91 Å². The lowest BCUT2D eigenvalue weighted by molar-refractivity contribution is -0.119. The highest BCUT2D eigenvalue weighted by Gasteiger charge is 2.27. The van der Waals surface area contributed by atoms with E-state index in [1.165, 1.54) is 12.1 Å². The van der Waals surface area contributed by atoms with Gasteiger partial charge in [-0.2, -0.15) is 0 Å². The first-order valence-electron chi connectivity index (χ1n) is 10.8. The van der Waals surface area contributed by atoms with E-state index in [4.69, 9.17) is 0 Å². The van der Waals surface area contributed by atoms with Crippen LogP contribution >= 0.6 is 0 Å². The zero-order chi connectivity index (χ0) is 24.1. The van der Waals surface area contributed by atoms with Gasteiger partial charge in [-0.3, -0.25) is 9.10 Å². The monoisotopic (exact) mass is 474 g/mol. The van der Waals surface area contributed by atoms with Crippen molar-refractivity contribution in [3.63, 3.8) is 0 Å². The molecule has 0 aliphatic rings. The first kappa shape index (κ1) is 23.3. The number of sulfonamides is 1. The molecule has 0 spiro atoms. The van der Waals surface area contributed by atoms with Gasteiger partial charge in [0.05, 0.1) is 10.6 Å². The van der Waals surface area contributed by atoms with E-state index in [-0.39, 0.29) is 18.0 Å². The van der Waals surface area contributed by atoms with Gasteiger partial charge in [0, 0.05) is 24.6 Å². The fraction of sp³-hybridized carbons (Fsp3) is 0.154. The van der Waals surface area contributed by atoms with Gasteiger partial charge >= 0.3 is 0 Å². The highest BCUT2D eigenvalue weighted by atomic mass is 32.2. The highest BCUT2D eigenvalue weighted by molar-refractivity contribution is 7.92. The van der Waals surface area contributed by atoms with Crippen LogP contribution < -0.4 is 9.62 Å². The summed E-state index contributed by atoms with van der Waals surface area (Å²) in [5.74, 6) is 0.493. The van der Waals surface area contributed by atoms with Crippen molar-refractivity contribution in [3.05, 3.63) is 108 Å². The summed E-state index contributed by atoms with van der Waals surface area (Å²) in [4.78, 5) is 17.2. The number of anilines is 1. The molecule has 0 saturated heterocycles. The number of carbonyl (C=O) groups excluding carboxylic acids is 1. The summed E-state index contributed by atoms with van der Waals surface area (Å²) >= 11 is 0. The summed E-state index contributed by atoms with van der Waals surface area (Å²) in [5, 5.41) is 2.84. The second-order valence-electron chi connectivity index (χ2n) is 7.95. The summed E-state index contributed by atoms with van der Waals surface area (Å²) in [5.41, 5.74) is 3.23. The molecule has 1 N–H and O–H groups in total. The van der Waals surface area contributed by atoms with Crippen LogP contribution in [0.1, 0.15) is 17.0 Å². The minimum Gasteiger partial charge on any atom is -0.350 e. The van der Waals surface area contributed by atoms with Crippen molar-refractivity contribution in [3.8, 4) is 5.69 Å². The SMILES string of the molecule is Cc1cccc(N(CC(=O)NCc2ccc(-n3ccnc3C)cc2)S(=O)(=O)c2ccccc2)c1. The third-order valence-corrected chi connectivity index (χ3v) is 7.23. The molecule has 3 aromatic carbocycles. The molecule has 0 aliphatic heterocycles. The number of nitrogens with one attached hydrogen (secondary N) is 1. The van der Waals surface area contributed by atoms with Crippen LogP contribution in [0.4, 0.5) is 5.69 Å². The van der Waals surface area contributed by atoms with Gasteiger partial charge < -0.3 is 9.88 Å². The van der Waals surface area contributed by atoms with Gasteiger partial charge in [0.1, 0.15) is 12.4 Å². The van der Waals surface area contributed by atoms with Crippen molar-refractivity contribution in [1.29, 1.82) is 0 Å². The molecule has 7 nitrogen and oxygen atoms in total. The van der Waals surface area contributed by atoms with Crippen LogP contribution in [-0.2, 0) is 21.4 Å². The topological polar surface area (TPSA) is 84.3 Å². The van der Waals surface area contributed by atoms with Crippen molar-refractivity contribution in [2.24, 2.45) is 0 Å². The van der Waals surface area contributed by atoms with E-state index in [2.05, 4.69) is 10.3 Å². The number of hydrogen-bond acceptors (Lipinski definition) is 4. The Bertz CT molecular complexity index is 1380. The van der Waals surface area contributed by atoms with Crippen molar-refractivity contribution in [2.75, 3.05) is 10.8 Å². The summed E-state index contributed by atoms with van der Waals surface area (Å²) < 4.78 is 29.9. The predicted molar refractivity (Wildman–Crippen MR) is 132 cm³/mol. The average molecular weight is 475 g/mol. The molecule has 1 heterocycles. The van der Waals surface area contributed by atoms with Gasteiger partial charge in [-0.25, -0.2) is 13.4 Å². The van der Waals surface area contributed by atoms with E-state index < -0.39 is 15.9 Å². The molecular formula is C26H26N4O3S. The lowest BCUT2D eigenvalue weighted by Crippen LogP contribution is -2.40. The van der Waals surface area contributed by atoms with Crippen molar-refractivity contribution >= 4 is 21.6 Å². The van der Waals surface area contributed by atoms with Crippen LogP contribution in [0.25, 0.3) is 5.69 Å². The van der Waals surface area contributed by atoms with E-state index in [1.807, 2.05) is 54.9 Å². The lowest BCUT2D eigenvalue weighted by Gasteiger charge is -2.24. The van der Waals surface area contributed by atoms with E-state index in [9.17, 15) is 13.2 Å². The Morgan fingerprint density at radius 1 is 0.971 bits per heavy atom. The van der Waals surface area contributed by atoms with Crippen molar-refractivity contribution < 1.29 is 13.2 Å². The lowest BCUT2D eigenvalue weighted by atomic mass is 10.2. The molecule has 0 aliphatic carbocycles. The molecule has 0 atom stereocenters. The molecule has 34 heavy (non-hydrogen) atoms. The van der Waals surface area contributed by atoms with Crippen LogP contribution in [0.3, 0.4) is 0 Å². The Hall–Kier alpha value is -3.91. The molecule has 0 bridgehead atoms. The van der Waals surface area contributed by atoms with Gasteiger partial charge in [0.15, 0.2) is 0 Å². The third-order valence-electron chi connectivity index (χ3n) is 5.44. The summed E-state index contributed by atoms with van der Waals surface area (Å²) in [6.45, 7) is 3.77. The Kier molecular flexibility index (Phi) is 6.79. The molecule has 0 saturated carbocycles. The Labute approximate surface area is 199 Å². The van der Waals surface area contributed by atoms with Crippen molar-refractivity contribution in [1.82, 2.24) is 14.9 Å². The molecule has 0 fully saturated rings. The average Bonchev–Trinajstić information content (AvgIpc) is 3.27. The third kappa shape index (κ3) is 5.18. The second-order valence-corrected chi connectivity index (χ2v) is 9.81. The Morgan fingerprint density at radius 3 is 2.35 bits per heavy atom. The fourth-order valence-corrected chi connectivity index (χ4v) is 5.06. The van der Waals surface area contributed by atoms with Gasteiger partial charge in [-0.1, -0.05) is 42.5 Å². The smallest absolute Gasteiger partial charge is 0.264 e. The fourth-order valence-electron chi connectivity index (χ4n) is 3.63. The molecule has 4 rings (SSSR count). The Balaban J connectivity index is 1.49. The number of aromatic nitrogens is 2. The number of imidazole rings is 1. The van der Waals surface area contributed by atoms with Gasteiger partial charge in [-0.05, 0) is 61.4 Å². The molecule has 1 amide bonds. The van der Waals surface area contributed by atoms with Gasteiger partial charge in [0.25, 0.3) is 10.0 Å². The number of nitrogens with zero attached hydrogens (tertiary/aromatic N) is 3. The summed E-state index contributed by atoms with van der Waals surface area (Å²) in [6, 6.07) is 23.0. The molecular weight excluding hydrogens is 448 g/mol. The molecule has 8 heteroatoms. The van der Waals surface area contributed by atoms with Crippen molar-refractivity contribution in [2.45, 2.75) is 25.3 Å². The Morgan fingerprint density at radius 2 is 1.71 bits per heavy atom. The van der Waals surface area contributed by atoms with Crippen LogP contribution in [-0.4, -0.2) is 30.4 Å². The normalized spacial score (nSPS) is 11.2. The standard InChI is InChI=1S/C26H26N4O3S/c1-20-7-6-8-24(17-20)30(34(32,33)25-9-4-3-5-10-25)19-26(31)28-18-22-11-13-23(14-12-22)29-16-15-27-21(29)2/h3-17H,18-19H2,1-2H3,(H,28,31). The second kappa shape index (κ2) is 9.93. The first-order chi connectivity index (χ1) is 16.3. The van der Waals surface area contributed by atoms with E-state index in [0.29, 0.717) is 5.69 Å². The number of hydrogen-bond donors (Lipinski definition) is 1.